The Hall–Kier alpha value is -10.2. The summed E-state index contributed by atoms with van der Waals surface area (Å²) in [5.74, 6) is -1.38. The van der Waals surface area contributed by atoms with Gasteiger partial charge in [0.1, 0.15) is 70.7 Å². The number of aryl methyl sites for hydroxylation is 8. The summed E-state index contributed by atoms with van der Waals surface area (Å²) in [7, 11) is 0. The van der Waals surface area contributed by atoms with Crippen LogP contribution >= 0.6 is 0 Å². The fourth-order valence-corrected chi connectivity index (χ4v) is 23.4. The fourth-order valence-electron chi connectivity index (χ4n) is 23.4. The highest BCUT2D eigenvalue weighted by Crippen LogP contribution is 2.44. The van der Waals surface area contributed by atoms with E-state index < -0.39 is 71.3 Å². The molecule has 0 saturated carbocycles. The SMILES string of the molecule is O=C(O)[C@@H](c1cc(F)ccc1[C@@H]1CCCCO1)N1CC[C@@H](OCCCCc2ccc3c(n2)NCCC3)C1.O=C(O)[C@@H](c1cc(F)ccc1[C@H]1CCCCO1)N1CC[C@@H](OCCCCc2ccc3c(n2)NCCC3)C1.O=C(O)[C@H](c1cc(F)ccc1[C@@H]1CCCCO1)N1CC[C@@H](OCCCCc2ccc3c(n2)NCCC3)C1.O=C(O)[C@H](c1cc(F)ccc1[C@H]1CCCCO1)N1CC[C@@H](OCCCCc2ccc3c(n2)NCCC3)C1. The number of aliphatic carboxylic acids is 4. The van der Waals surface area contributed by atoms with Crippen molar-refractivity contribution in [2.75, 3.05) is 153 Å². The molecule has 0 radical (unpaired) electrons. The number of pyridine rings is 4. The maximum absolute atomic E-state index is 14.3. The van der Waals surface area contributed by atoms with Gasteiger partial charge in [0.25, 0.3) is 0 Å². The summed E-state index contributed by atoms with van der Waals surface area (Å²) in [6.07, 6.45) is 34.1. The number of ether oxygens (including phenoxy) is 8. The monoisotopic (exact) mass is 2050 g/mol. The average molecular weight is 2050 g/mol. The molecule has 0 spiro atoms. The molecule has 12 aliphatic heterocycles. The van der Waals surface area contributed by atoms with Crippen LogP contribution < -0.4 is 21.3 Å². The summed E-state index contributed by atoms with van der Waals surface area (Å²) >= 11 is 0. The van der Waals surface area contributed by atoms with Gasteiger partial charge in [0, 0.05) is 154 Å². The van der Waals surface area contributed by atoms with Crippen LogP contribution in [0.3, 0.4) is 0 Å². The number of nitrogens with one attached hydrogen (secondary N) is 4. The molecule has 148 heavy (non-hydrogen) atoms. The Morgan fingerprint density at radius 1 is 0.304 bits per heavy atom. The lowest BCUT2D eigenvalue weighted by atomic mass is 9.92. The van der Waals surface area contributed by atoms with Crippen molar-refractivity contribution in [1.82, 2.24) is 39.5 Å². The van der Waals surface area contributed by atoms with E-state index in [0.29, 0.717) is 127 Å². The van der Waals surface area contributed by atoms with Crippen molar-refractivity contribution in [2.45, 2.75) is 304 Å². The van der Waals surface area contributed by atoms with Crippen molar-refractivity contribution < 1.29 is 95.1 Å². The quantitative estimate of drug-likeness (QED) is 0.0131. The topological polar surface area (TPSA) is 336 Å². The number of carboxylic acid groups (broad SMARTS) is 4. The Morgan fingerprint density at radius 3 is 0.743 bits per heavy atom. The number of carbonyl (C=O) groups is 4. The van der Waals surface area contributed by atoms with E-state index in [1.807, 2.05) is 19.6 Å². The third kappa shape index (κ3) is 30.2. The predicted molar refractivity (Wildman–Crippen MR) is 557 cm³/mol. The standard InChI is InChI=1S/4C29H38FN3O4/c4*30-21-10-12-24(26-8-2-4-17-37-26)25(18-21)27(29(34)35)33-15-13-23(19-33)36-16-3-1-7-22-11-9-20-6-5-14-31-28(20)32-22/h4*9-12,18,23,26-27H,1-8,13-17,19H2,(H,31,32)(H,34,35)/t23-,26+,27+;23-,26+,27-;23-,26-,27+;23-,26-,27-/m1111/s1. The smallest absolute Gasteiger partial charge is 0.325 e. The van der Waals surface area contributed by atoms with E-state index in [9.17, 15) is 57.2 Å². The van der Waals surface area contributed by atoms with Crippen LogP contribution in [-0.4, -0.2) is 240 Å². The lowest BCUT2D eigenvalue weighted by molar-refractivity contribution is -0.144. The highest BCUT2D eigenvalue weighted by Gasteiger charge is 2.43. The number of fused-ring (bicyclic) bond motifs is 4. The highest BCUT2D eigenvalue weighted by molar-refractivity contribution is 5.78. The summed E-state index contributed by atoms with van der Waals surface area (Å²) in [6.45, 7) is 13.7. The minimum absolute atomic E-state index is 0.0177. The van der Waals surface area contributed by atoms with Crippen LogP contribution in [-0.2, 0) is 108 Å². The molecule has 0 unspecified atom stereocenters. The second-order valence-electron chi connectivity index (χ2n) is 41.8. The van der Waals surface area contributed by atoms with Crippen LogP contribution in [0.25, 0.3) is 0 Å². The number of halogens is 4. The molecule has 4 aromatic carbocycles. The molecule has 8 fully saturated rings. The van der Waals surface area contributed by atoms with Gasteiger partial charge in [-0.1, -0.05) is 48.5 Å². The van der Waals surface area contributed by atoms with Crippen LogP contribution in [0.15, 0.2) is 121 Å². The molecule has 0 bridgehead atoms. The van der Waals surface area contributed by atoms with E-state index in [-0.39, 0.29) is 48.8 Å². The van der Waals surface area contributed by atoms with Crippen molar-refractivity contribution in [3.8, 4) is 0 Å². The maximum atomic E-state index is 14.3. The maximum Gasteiger partial charge on any atom is 0.325 e. The van der Waals surface area contributed by atoms with Gasteiger partial charge in [-0.15, -0.1) is 0 Å². The Bertz CT molecular complexity index is 4980. The van der Waals surface area contributed by atoms with Crippen LogP contribution in [0.4, 0.5) is 40.8 Å². The van der Waals surface area contributed by atoms with Crippen molar-refractivity contribution in [3.05, 3.63) is 234 Å². The largest absolute Gasteiger partial charge is 0.480 e. The Kier molecular flexibility index (Phi) is 40.7. The van der Waals surface area contributed by atoms with Crippen molar-refractivity contribution in [3.63, 3.8) is 0 Å². The lowest BCUT2D eigenvalue weighted by Crippen LogP contribution is -2.34. The number of unbranched alkanes of at least 4 members (excludes halogenated alkanes) is 4. The number of hydrogen-bond donors (Lipinski definition) is 8. The average Bonchev–Trinajstić information content (AvgIpc) is 1.50. The molecular formula is C116H152F4N12O16. The van der Waals surface area contributed by atoms with E-state index in [4.69, 9.17) is 57.8 Å². The first-order valence-electron chi connectivity index (χ1n) is 55.2. The molecule has 12 atom stereocenters. The van der Waals surface area contributed by atoms with Crippen molar-refractivity contribution >= 4 is 47.1 Å². The van der Waals surface area contributed by atoms with Crippen LogP contribution in [0, 0.1) is 23.3 Å². The van der Waals surface area contributed by atoms with Gasteiger partial charge >= 0.3 is 23.9 Å². The second kappa shape index (κ2) is 55.2. The molecule has 16 heterocycles. The zero-order chi connectivity index (χ0) is 102. The number of aromatic nitrogens is 4. The van der Waals surface area contributed by atoms with Crippen molar-refractivity contribution in [1.29, 1.82) is 0 Å². The molecule has 28 nitrogen and oxygen atoms in total. The van der Waals surface area contributed by atoms with Gasteiger partial charge in [-0.05, 0) is 371 Å². The van der Waals surface area contributed by atoms with Crippen molar-refractivity contribution in [2.24, 2.45) is 0 Å². The third-order valence-corrected chi connectivity index (χ3v) is 31.1. The van der Waals surface area contributed by atoms with Gasteiger partial charge < -0.3 is 79.6 Å². The number of rotatable bonds is 40. The minimum atomic E-state index is -0.963. The first kappa shape index (κ1) is 109. The second-order valence-corrected chi connectivity index (χ2v) is 41.8. The van der Waals surface area contributed by atoms with E-state index in [1.54, 1.807) is 24.3 Å². The zero-order valence-electron chi connectivity index (χ0n) is 85.9. The number of anilines is 4. The summed E-state index contributed by atoms with van der Waals surface area (Å²) in [4.78, 5) is 76.3. The number of hydrogen-bond acceptors (Lipinski definition) is 24. The van der Waals surface area contributed by atoms with E-state index >= 15 is 0 Å². The summed E-state index contributed by atoms with van der Waals surface area (Å²) in [5.41, 5.74) is 14.9. The molecule has 0 amide bonds. The predicted octanol–water partition coefficient (Wildman–Crippen LogP) is 20.2. The molecule has 4 aromatic heterocycles. The number of benzene rings is 4. The van der Waals surface area contributed by atoms with Gasteiger partial charge in [0.15, 0.2) is 0 Å². The first-order chi connectivity index (χ1) is 72.3. The fraction of sp³-hybridized carbons (Fsp3) is 0.586. The molecule has 12 aliphatic rings. The molecule has 8 aromatic rings. The van der Waals surface area contributed by atoms with Crippen LogP contribution in [0.5, 0.6) is 0 Å². The van der Waals surface area contributed by atoms with Crippen LogP contribution in [0.2, 0.25) is 0 Å². The van der Waals surface area contributed by atoms with Gasteiger partial charge in [-0.3, -0.25) is 38.8 Å². The molecule has 800 valence electrons. The van der Waals surface area contributed by atoms with E-state index in [2.05, 4.69) is 69.8 Å². The number of carboxylic acids is 4. The minimum Gasteiger partial charge on any atom is -0.480 e. The van der Waals surface area contributed by atoms with Gasteiger partial charge in [-0.2, -0.15) is 0 Å². The summed E-state index contributed by atoms with van der Waals surface area (Å²) in [5, 5.41) is 54.2. The van der Waals surface area contributed by atoms with Gasteiger partial charge in [0.05, 0.1) is 48.8 Å². The molecular weight excluding hydrogens is 1890 g/mol. The van der Waals surface area contributed by atoms with Gasteiger partial charge in [-0.25, -0.2) is 37.5 Å². The summed E-state index contributed by atoms with van der Waals surface area (Å²) in [6, 6.07) is 31.6. The molecule has 32 heteroatoms. The normalized spacial score (nSPS) is 22.8. The molecule has 0 aliphatic carbocycles. The Labute approximate surface area is 868 Å². The highest BCUT2D eigenvalue weighted by atomic mass is 19.1. The van der Waals surface area contributed by atoms with Crippen LogP contribution in [0.1, 0.15) is 318 Å². The first-order valence-corrected chi connectivity index (χ1v) is 55.2. The third-order valence-electron chi connectivity index (χ3n) is 31.1. The van der Waals surface area contributed by atoms with Gasteiger partial charge in [0.2, 0.25) is 0 Å². The Morgan fingerprint density at radius 2 is 0.534 bits per heavy atom. The lowest BCUT2D eigenvalue weighted by Gasteiger charge is -2.30. The number of likely N-dealkylation sites (tertiary alicyclic amines) is 4. The molecule has 8 N–H and O–H groups in total. The summed E-state index contributed by atoms with van der Waals surface area (Å²) < 4.78 is 105. The Balaban J connectivity index is 0.000000135. The number of nitrogens with zero attached hydrogens (tertiary/aromatic N) is 8. The zero-order valence-corrected chi connectivity index (χ0v) is 85.9. The molecule has 8 saturated heterocycles. The molecule has 20 rings (SSSR count). The van der Waals surface area contributed by atoms with E-state index in [1.165, 1.54) is 70.8 Å². The van der Waals surface area contributed by atoms with E-state index in [0.717, 1.165) is 326 Å².